The topological polar surface area (TPSA) is 85.6 Å². The lowest BCUT2D eigenvalue weighted by atomic mass is 10.1. The Kier molecular flexibility index (Phi) is 4.24. The maximum Gasteiger partial charge on any atom is 0.101 e. The van der Waals surface area contributed by atoms with Crippen molar-refractivity contribution in [1.29, 1.82) is 10.5 Å². The molecule has 0 unspecified atom stereocenters. The van der Waals surface area contributed by atoms with E-state index < -0.39 is 0 Å². The number of nitrogens with zero attached hydrogens (tertiary/aromatic N) is 2. The molecule has 3 N–H and O–H groups in total. The van der Waals surface area contributed by atoms with Crippen molar-refractivity contribution in [3.05, 3.63) is 52.0 Å². The summed E-state index contributed by atoms with van der Waals surface area (Å²) in [5.74, 6) is 0. The second kappa shape index (κ2) is 6.10. The predicted octanol–water partition coefficient (Wildman–Crippen LogP) is 3.71. The lowest BCUT2D eigenvalue weighted by molar-refractivity contribution is 1.27. The zero-order valence-electron chi connectivity index (χ0n) is 10.5. The van der Waals surface area contributed by atoms with Gasteiger partial charge in [-0.15, -0.1) is 0 Å². The molecule has 5 heteroatoms. The van der Waals surface area contributed by atoms with E-state index in [4.69, 9.17) is 16.3 Å². The number of anilines is 3. The van der Waals surface area contributed by atoms with E-state index in [0.29, 0.717) is 16.9 Å². The SMILES string of the molecule is N#CCc1cc(Nc2ccc(Br)cc2C#N)ccc1N. The second-order valence-electron chi connectivity index (χ2n) is 4.18. The van der Waals surface area contributed by atoms with E-state index >= 15 is 0 Å². The molecule has 0 aliphatic rings. The fourth-order valence-electron chi connectivity index (χ4n) is 1.80. The molecular formula is C15H11BrN4. The first-order valence-electron chi connectivity index (χ1n) is 5.86. The molecule has 0 radical (unpaired) electrons. The van der Waals surface area contributed by atoms with Crippen LogP contribution in [0.4, 0.5) is 17.1 Å². The van der Waals surface area contributed by atoms with Crippen LogP contribution in [0.3, 0.4) is 0 Å². The number of nitriles is 2. The van der Waals surface area contributed by atoms with Crippen molar-refractivity contribution in [3.63, 3.8) is 0 Å². The van der Waals surface area contributed by atoms with Gasteiger partial charge in [-0.1, -0.05) is 15.9 Å². The molecule has 0 bridgehead atoms. The van der Waals surface area contributed by atoms with Gasteiger partial charge in [0.05, 0.1) is 23.7 Å². The molecule has 0 aromatic heterocycles. The molecular weight excluding hydrogens is 316 g/mol. The summed E-state index contributed by atoms with van der Waals surface area (Å²) in [6, 6.07) is 15.0. The highest BCUT2D eigenvalue weighted by molar-refractivity contribution is 9.10. The van der Waals surface area contributed by atoms with Crippen LogP contribution >= 0.6 is 15.9 Å². The number of nitrogen functional groups attached to an aromatic ring is 1. The van der Waals surface area contributed by atoms with E-state index in [1.807, 2.05) is 24.3 Å². The predicted molar refractivity (Wildman–Crippen MR) is 82.3 cm³/mol. The first kappa shape index (κ1) is 13.9. The molecule has 0 fully saturated rings. The van der Waals surface area contributed by atoms with Crippen LogP contribution in [0, 0.1) is 22.7 Å². The van der Waals surface area contributed by atoms with Crippen molar-refractivity contribution in [2.45, 2.75) is 6.42 Å². The molecule has 2 aromatic carbocycles. The number of halogens is 1. The van der Waals surface area contributed by atoms with Crippen LogP contribution in [0.25, 0.3) is 0 Å². The Hall–Kier alpha value is -2.50. The largest absolute Gasteiger partial charge is 0.398 e. The summed E-state index contributed by atoms with van der Waals surface area (Å²) in [5.41, 5.74) is 9.22. The zero-order chi connectivity index (χ0) is 14.5. The van der Waals surface area contributed by atoms with Gasteiger partial charge in [-0.25, -0.2) is 0 Å². The van der Waals surface area contributed by atoms with Crippen LogP contribution in [0.5, 0.6) is 0 Å². The average molecular weight is 327 g/mol. The molecule has 98 valence electrons. The van der Waals surface area contributed by atoms with Crippen LogP contribution in [0.2, 0.25) is 0 Å². The van der Waals surface area contributed by atoms with Crippen molar-refractivity contribution >= 4 is 33.0 Å². The summed E-state index contributed by atoms with van der Waals surface area (Å²) in [7, 11) is 0. The quantitative estimate of drug-likeness (QED) is 0.842. The molecule has 0 aliphatic heterocycles. The maximum atomic E-state index is 9.13. The molecule has 4 nitrogen and oxygen atoms in total. The molecule has 0 saturated heterocycles. The molecule has 0 spiro atoms. The van der Waals surface area contributed by atoms with Gasteiger partial charge in [-0.05, 0) is 42.0 Å². The summed E-state index contributed by atoms with van der Waals surface area (Å²) in [6.45, 7) is 0. The van der Waals surface area contributed by atoms with Crippen LogP contribution in [0.1, 0.15) is 11.1 Å². The van der Waals surface area contributed by atoms with Crippen LogP contribution < -0.4 is 11.1 Å². The van der Waals surface area contributed by atoms with Crippen molar-refractivity contribution < 1.29 is 0 Å². The smallest absolute Gasteiger partial charge is 0.101 e. The van der Waals surface area contributed by atoms with E-state index in [0.717, 1.165) is 15.7 Å². The Morgan fingerprint density at radius 3 is 2.65 bits per heavy atom. The first-order valence-corrected chi connectivity index (χ1v) is 6.65. The molecule has 0 saturated carbocycles. The Morgan fingerprint density at radius 1 is 1.15 bits per heavy atom. The Morgan fingerprint density at radius 2 is 1.95 bits per heavy atom. The standard InChI is InChI=1S/C15H11BrN4/c16-12-1-4-15(11(7-12)9-18)20-13-2-3-14(19)10(8-13)5-6-17/h1-4,7-8,20H,5,19H2. The van der Waals surface area contributed by atoms with E-state index in [2.05, 4.69) is 33.4 Å². The fraction of sp³-hybridized carbons (Fsp3) is 0.0667. The molecule has 2 aromatic rings. The number of nitrogens with one attached hydrogen (secondary N) is 1. The van der Waals surface area contributed by atoms with Gasteiger partial charge in [0.2, 0.25) is 0 Å². The van der Waals surface area contributed by atoms with E-state index in [9.17, 15) is 0 Å². The highest BCUT2D eigenvalue weighted by Gasteiger charge is 2.05. The highest BCUT2D eigenvalue weighted by Crippen LogP contribution is 2.26. The number of benzene rings is 2. The number of rotatable bonds is 3. The van der Waals surface area contributed by atoms with Gasteiger partial charge in [0.15, 0.2) is 0 Å². The van der Waals surface area contributed by atoms with E-state index in [-0.39, 0.29) is 6.42 Å². The molecule has 0 atom stereocenters. The Labute approximate surface area is 125 Å². The van der Waals surface area contributed by atoms with Crippen LogP contribution in [0.15, 0.2) is 40.9 Å². The summed E-state index contributed by atoms with van der Waals surface area (Å²) in [5, 5.41) is 21.1. The maximum absolute atomic E-state index is 9.13. The average Bonchev–Trinajstić information content (AvgIpc) is 2.44. The molecule has 20 heavy (non-hydrogen) atoms. The van der Waals surface area contributed by atoms with E-state index in [1.165, 1.54) is 0 Å². The van der Waals surface area contributed by atoms with Crippen molar-refractivity contribution in [2.75, 3.05) is 11.1 Å². The minimum atomic E-state index is 0.257. The third kappa shape index (κ3) is 3.09. The van der Waals surface area contributed by atoms with Gasteiger partial charge in [0, 0.05) is 15.8 Å². The van der Waals surface area contributed by atoms with Crippen LogP contribution in [-0.4, -0.2) is 0 Å². The van der Waals surface area contributed by atoms with Crippen LogP contribution in [-0.2, 0) is 6.42 Å². The summed E-state index contributed by atoms with van der Waals surface area (Å²) in [6.07, 6.45) is 0.257. The first-order chi connectivity index (χ1) is 9.63. The van der Waals surface area contributed by atoms with Crippen molar-refractivity contribution in [3.8, 4) is 12.1 Å². The lowest BCUT2D eigenvalue weighted by Crippen LogP contribution is -1.98. The Balaban J connectivity index is 2.34. The van der Waals surface area contributed by atoms with Gasteiger partial charge < -0.3 is 11.1 Å². The third-order valence-corrected chi connectivity index (χ3v) is 3.29. The number of hydrogen-bond donors (Lipinski definition) is 2. The summed E-state index contributed by atoms with van der Waals surface area (Å²) < 4.78 is 0.849. The molecule has 0 aliphatic carbocycles. The monoisotopic (exact) mass is 326 g/mol. The minimum Gasteiger partial charge on any atom is -0.398 e. The molecule has 2 rings (SSSR count). The zero-order valence-corrected chi connectivity index (χ0v) is 12.1. The van der Waals surface area contributed by atoms with Gasteiger partial charge in [-0.3, -0.25) is 0 Å². The summed E-state index contributed by atoms with van der Waals surface area (Å²) in [4.78, 5) is 0. The number of nitrogens with two attached hydrogens (primary N) is 1. The van der Waals surface area contributed by atoms with Gasteiger partial charge in [0.25, 0.3) is 0 Å². The number of hydrogen-bond acceptors (Lipinski definition) is 4. The van der Waals surface area contributed by atoms with Crippen molar-refractivity contribution in [1.82, 2.24) is 0 Å². The lowest BCUT2D eigenvalue weighted by Gasteiger charge is -2.11. The normalized spacial score (nSPS) is 9.55. The van der Waals surface area contributed by atoms with Crippen molar-refractivity contribution in [2.24, 2.45) is 0 Å². The molecule has 0 amide bonds. The summed E-state index contributed by atoms with van der Waals surface area (Å²) >= 11 is 3.33. The third-order valence-electron chi connectivity index (χ3n) is 2.79. The van der Waals surface area contributed by atoms with Gasteiger partial charge in [-0.2, -0.15) is 10.5 Å². The van der Waals surface area contributed by atoms with Gasteiger partial charge in [0.1, 0.15) is 6.07 Å². The molecule has 0 heterocycles. The Bertz CT molecular complexity index is 726. The second-order valence-corrected chi connectivity index (χ2v) is 5.09. The fourth-order valence-corrected chi connectivity index (χ4v) is 2.16. The minimum absolute atomic E-state index is 0.257. The van der Waals surface area contributed by atoms with E-state index in [1.54, 1.807) is 12.1 Å². The highest BCUT2D eigenvalue weighted by atomic mass is 79.9. The van der Waals surface area contributed by atoms with Gasteiger partial charge >= 0.3 is 0 Å².